The Morgan fingerprint density at radius 1 is 0.947 bits per heavy atom. The number of aliphatic carboxylic acids is 4. The van der Waals surface area contributed by atoms with Gasteiger partial charge in [-0.15, -0.1) is 11.3 Å². The number of carboxylic acid groups (broad SMARTS) is 4. The maximum atomic E-state index is 13.9. The van der Waals surface area contributed by atoms with Crippen molar-refractivity contribution >= 4 is 46.6 Å². The Balaban J connectivity index is 0.000000264. The third kappa shape index (κ3) is 9.59. The zero-order valence-electron chi connectivity index (χ0n) is 20.2. The summed E-state index contributed by atoms with van der Waals surface area (Å²) in [6.45, 7) is 3.65. The summed E-state index contributed by atoms with van der Waals surface area (Å²) in [5.74, 6) is -5.21. The van der Waals surface area contributed by atoms with E-state index in [0.29, 0.717) is 30.3 Å². The number of piperazine rings is 1. The van der Waals surface area contributed by atoms with E-state index in [0.717, 1.165) is 48.0 Å². The largest absolute Gasteiger partial charge is 0.478 e. The van der Waals surface area contributed by atoms with Crippen LogP contribution >= 0.6 is 11.3 Å². The molecule has 202 valence electrons. The number of anilines is 1. The highest BCUT2D eigenvalue weighted by atomic mass is 32.1. The summed E-state index contributed by atoms with van der Waals surface area (Å²) in [6.07, 6.45) is 2.23. The fraction of sp³-hybridized carbons (Fsp3) is 0.240. The molecule has 2 aliphatic heterocycles. The molecule has 0 saturated carbocycles. The SMILES string of the molecule is CN1CCN2c3cc(F)ccc3C(c3cccs3)=NCC2C1.O=C(O)/C=C/C(=O)O.O=C(O)/C=C/C(=O)O. The van der Waals surface area contributed by atoms with Crippen molar-refractivity contribution in [2.24, 2.45) is 4.99 Å². The molecule has 0 spiro atoms. The van der Waals surface area contributed by atoms with Gasteiger partial charge in [-0.2, -0.15) is 0 Å². The van der Waals surface area contributed by atoms with Crippen LogP contribution in [0.2, 0.25) is 0 Å². The monoisotopic (exact) mass is 547 g/mol. The molecule has 1 aromatic heterocycles. The van der Waals surface area contributed by atoms with Crippen molar-refractivity contribution in [1.29, 1.82) is 0 Å². The van der Waals surface area contributed by atoms with Crippen LogP contribution in [0.5, 0.6) is 0 Å². The molecule has 2 aromatic rings. The molecule has 2 aliphatic rings. The molecular weight excluding hydrogens is 521 g/mol. The van der Waals surface area contributed by atoms with E-state index < -0.39 is 23.9 Å². The number of benzene rings is 1. The van der Waals surface area contributed by atoms with E-state index >= 15 is 0 Å². The number of thiophene rings is 1. The van der Waals surface area contributed by atoms with E-state index in [9.17, 15) is 23.6 Å². The van der Waals surface area contributed by atoms with Crippen molar-refractivity contribution in [3.05, 3.63) is 76.3 Å². The molecule has 1 fully saturated rings. The fourth-order valence-corrected chi connectivity index (χ4v) is 4.36. The van der Waals surface area contributed by atoms with Gasteiger partial charge in [-0.3, -0.25) is 4.99 Å². The predicted molar refractivity (Wildman–Crippen MR) is 139 cm³/mol. The predicted octanol–water partition coefficient (Wildman–Crippen LogP) is 2.28. The Bertz CT molecular complexity index is 1180. The lowest BCUT2D eigenvalue weighted by Crippen LogP contribution is -2.53. The number of carbonyl (C=O) groups is 4. The molecule has 1 saturated heterocycles. The molecule has 38 heavy (non-hydrogen) atoms. The van der Waals surface area contributed by atoms with Gasteiger partial charge < -0.3 is 30.2 Å². The van der Waals surface area contributed by atoms with Crippen molar-refractivity contribution in [2.75, 3.05) is 38.1 Å². The minimum absolute atomic E-state index is 0.177. The van der Waals surface area contributed by atoms with Crippen LogP contribution in [0.4, 0.5) is 10.1 Å². The lowest BCUT2D eigenvalue weighted by Gasteiger charge is -2.40. The van der Waals surface area contributed by atoms with Gasteiger partial charge in [0.1, 0.15) is 5.82 Å². The maximum absolute atomic E-state index is 13.9. The first-order valence-electron chi connectivity index (χ1n) is 11.1. The van der Waals surface area contributed by atoms with E-state index in [2.05, 4.69) is 28.3 Å². The molecule has 0 amide bonds. The van der Waals surface area contributed by atoms with Crippen LogP contribution < -0.4 is 4.90 Å². The van der Waals surface area contributed by atoms with Crippen LogP contribution in [-0.2, 0) is 19.2 Å². The van der Waals surface area contributed by atoms with E-state index in [-0.39, 0.29) is 5.82 Å². The third-order valence-electron chi connectivity index (χ3n) is 5.16. The minimum atomic E-state index is -1.26. The van der Waals surface area contributed by atoms with Crippen molar-refractivity contribution in [3.8, 4) is 0 Å². The van der Waals surface area contributed by atoms with Gasteiger partial charge in [0.25, 0.3) is 0 Å². The first-order valence-corrected chi connectivity index (χ1v) is 12.0. The molecule has 1 aromatic carbocycles. The second kappa shape index (κ2) is 14.4. The quantitative estimate of drug-likeness (QED) is 0.408. The number of rotatable bonds is 5. The molecule has 1 atom stereocenters. The van der Waals surface area contributed by atoms with Crippen molar-refractivity contribution < 1.29 is 44.0 Å². The number of fused-ring (bicyclic) bond motifs is 3. The molecule has 0 bridgehead atoms. The molecule has 4 N–H and O–H groups in total. The maximum Gasteiger partial charge on any atom is 0.328 e. The first-order chi connectivity index (χ1) is 18.0. The summed E-state index contributed by atoms with van der Waals surface area (Å²) >= 11 is 1.69. The second-order valence-corrected chi connectivity index (χ2v) is 8.90. The normalized spacial score (nSPS) is 16.6. The average molecular weight is 548 g/mol. The summed E-state index contributed by atoms with van der Waals surface area (Å²) < 4.78 is 13.9. The van der Waals surface area contributed by atoms with E-state index in [4.69, 9.17) is 25.4 Å². The zero-order valence-corrected chi connectivity index (χ0v) is 21.0. The minimum Gasteiger partial charge on any atom is -0.478 e. The molecule has 4 rings (SSSR count). The van der Waals surface area contributed by atoms with Gasteiger partial charge in [0, 0.05) is 55.2 Å². The molecular formula is C25H26FN3O8S. The highest BCUT2D eigenvalue weighted by molar-refractivity contribution is 7.12. The van der Waals surface area contributed by atoms with Gasteiger partial charge in [-0.1, -0.05) is 6.07 Å². The van der Waals surface area contributed by atoms with Gasteiger partial charge in [-0.25, -0.2) is 23.6 Å². The Labute approximate surface area is 221 Å². The third-order valence-corrected chi connectivity index (χ3v) is 6.04. The highest BCUT2D eigenvalue weighted by Gasteiger charge is 2.30. The Hall–Kier alpha value is -4.36. The highest BCUT2D eigenvalue weighted by Crippen LogP contribution is 2.32. The topological polar surface area (TPSA) is 168 Å². The number of aliphatic imine (C=N–C) groups is 1. The number of hydrogen-bond donors (Lipinski definition) is 4. The number of likely N-dealkylation sites (N-methyl/N-ethyl adjacent to an activating group) is 1. The summed E-state index contributed by atoms with van der Waals surface area (Å²) in [6, 6.07) is 9.53. The van der Waals surface area contributed by atoms with Gasteiger partial charge in [0.15, 0.2) is 0 Å². The zero-order chi connectivity index (χ0) is 28.2. The summed E-state index contributed by atoms with van der Waals surface area (Å²) in [7, 11) is 2.14. The number of carboxylic acids is 4. The smallest absolute Gasteiger partial charge is 0.328 e. The summed E-state index contributed by atoms with van der Waals surface area (Å²) in [5.41, 5.74) is 3.04. The Morgan fingerprint density at radius 2 is 1.53 bits per heavy atom. The Morgan fingerprint density at radius 3 is 2.03 bits per heavy atom. The van der Waals surface area contributed by atoms with Gasteiger partial charge in [-0.05, 0) is 36.7 Å². The van der Waals surface area contributed by atoms with Crippen molar-refractivity contribution in [3.63, 3.8) is 0 Å². The van der Waals surface area contributed by atoms with Gasteiger partial charge in [0.05, 0.1) is 23.2 Å². The van der Waals surface area contributed by atoms with E-state index in [1.54, 1.807) is 23.5 Å². The number of nitrogens with zero attached hydrogens (tertiary/aromatic N) is 3. The van der Waals surface area contributed by atoms with Crippen LogP contribution in [0, 0.1) is 5.82 Å². The first kappa shape index (κ1) is 29.9. The van der Waals surface area contributed by atoms with Gasteiger partial charge in [0.2, 0.25) is 0 Å². The van der Waals surface area contributed by atoms with Crippen LogP contribution in [0.25, 0.3) is 0 Å². The molecule has 3 heterocycles. The summed E-state index contributed by atoms with van der Waals surface area (Å²) in [4.78, 5) is 48.9. The lowest BCUT2D eigenvalue weighted by atomic mass is 10.0. The molecule has 0 aliphatic carbocycles. The molecule has 1 unspecified atom stereocenters. The Kier molecular flexibility index (Phi) is 11.3. The van der Waals surface area contributed by atoms with Crippen LogP contribution in [0.15, 0.2) is 65.0 Å². The number of hydrogen-bond acceptors (Lipinski definition) is 8. The summed E-state index contributed by atoms with van der Waals surface area (Å²) in [5, 5.41) is 33.3. The fourth-order valence-electron chi connectivity index (χ4n) is 3.62. The number of halogens is 1. The lowest BCUT2D eigenvalue weighted by molar-refractivity contribution is -0.134. The van der Waals surface area contributed by atoms with Crippen molar-refractivity contribution in [1.82, 2.24) is 4.90 Å². The van der Waals surface area contributed by atoms with E-state index in [1.807, 2.05) is 12.1 Å². The van der Waals surface area contributed by atoms with Crippen molar-refractivity contribution in [2.45, 2.75) is 6.04 Å². The van der Waals surface area contributed by atoms with E-state index in [1.165, 1.54) is 0 Å². The second-order valence-electron chi connectivity index (χ2n) is 7.96. The molecule has 0 radical (unpaired) electrons. The van der Waals surface area contributed by atoms with Gasteiger partial charge >= 0.3 is 23.9 Å². The standard InChI is InChI=1S/C17H18FN3S.2C4H4O4/c1-20-6-7-21-13(11-20)10-19-17(16-3-2-8-22-16)14-5-4-12(18)9-15(14)21;2*5-3(6)1-2-4(7)8/h2-5,8-9,13H,6-7,10-11H2,1H3;2*1-2H,(H,5,6)(H,7,8)/b;2*2-1+. The van der Waals surface area contributed by atoms with Crippen LogP contribution in [0.3, 0.4) is 0 Å². The van der Waals surface area contributed by atoms with Crippen LogP contribution in [0.1, 0.15) is 10.4 Å². The average Bonchev–Trinajstić information content (AvgIpc) is 3.33. The van der Waals surface area contributed by atoms with Crippen LogP contribution in [-0.4, -0.2) is 94.2 Å². The molecule has 13 heteroatoms. The molecule has 11 nitrogen and oxygen atoms in total.